The van der Waals surface area contributed by atoms with Gasteiger partial charge in [-0.05, 0) is 29.7 Å². The average Bonchev–Trinajstić information content (AvgIpc) is 2.59. The van der Waals surface area contributed by atoms with Crippen molar-refractivity contribution in [3.63, 3.8) is 0 Å². The maximum Gasteiger partial charge on any atom is 0.342 e. The molecule has 24 heavy (non-hydrogen) atoms. The molecule has 2 aromatic carbocycles. The predicted octanol–water partition coefficient (Wildman–Crippen LogP) is 3.61. The number of benzene rings is 2. The Morgan fingerprint density at radius 3 is 2.42 bits per heavy atom. The van der Waals surface area contributed by atoms with Gasteiger partial charge in [-0.25, -0.2) is 4.79 Å². The van der Waals surface area contributed by atoms with E-state index < -0.39 is 5.97 Å². The monoisotopic (exact) mass is 327 g/mol. The van der Waals surface area contributed by atoms with E-state index in [0.717, 1.165) is 11.3 Å². The molecule has 0 radical (unpaired) electrons. The molecule has 0 aliphatic carbocycles. The number of hydrogen-bond acceptors (Lipinski definition) is 4. The van der Waals surface area contributed by atoms with Gasteiger partial charge >= 0.3 is 5.97 Å². The molecular weight excluding hydrogens is 306 g/mol. The van der Waals surface area contributed by atoms with Crippen molar-refractivity contribution in [2.24, 2.45) is 0 Å². The molecule has 2 rings (SSSR count). The van der Waals surface area contributed by atoms with Gasteiger partial charge in [0.1, 0.15) is 11.3 Å². The largest absolute Gasteiger partial charge is 0.496 e. The summed E-state index contributed by atoms with van der Waals surface area (Å²) in [5, 5.41) is 2.78. The SMILES string of the molecule is COc1ccccc1C(=O)OCC(=O)Nc1ccccc1C(C)C. The third-order valence-corrected chi connectivity index (χ3v) is 3.52. The lowest BCUT2D eigenvalue weighted by Crippen LogP contribution is -2.22. The van der Waals surface area contributed by atoms with E-state index in [-0.39, 0.29) is 24.0 Å². The van der Waals surface area contributed by atoms with Crippen LogP contribution in [-0.4, -0.2) is 25.6 Å². The Kier molecular flexibility index (Phi) is 5.95. The maximum atomic E-state index is 12.1. The zero-order valence-electron chi connectivity index (χ0n) is 14.0. The van der Waals surface area contributed by atoms with E-state index in [0.29, 0.717) is 5.75 Å². The van der Waals surface area contributed by atoms with Crippen LogP contribution in [-0.2, 0) is 9.53 Å². The van der Waals surface area contributed by atoms with Gasteiger partial charge in [-0.3, -0.25) is 4.79 Å². The first-order chi connectivity index (χ1) is 11.5. The minimum absolute atomic E-state index is 0.276. The van der Waals surface area contributed by atoms with Crippen molar-refractivity contribution in [2.45, 2.75) is 19.8 Å². The molecule has 126 valence electrons. The minimum atomic E-state index is -0.597. The van der Waals surface area contributed by atoms with Gasteiger partial charge < -0.3 is 14.8 Å². The van der Waals surface area contributed by atoms with Crippen molar-refractivity contribution in [1.29, 1.82) is 0 Å². The third-order valence-electron chi connectivity index (χ3n) is 3.52. The van der Waals surface area contributed by atoms with Gasteiger partial charge in [0.25, 0.3) is 5.91 Å². The number of methoxy groups -OCH3 is 1. The molecule has 0 saturated heterocycles. The summed E-state index contributed by atoms with van der Waals surface area (Å²) in [5.74, 6) is -0.295. The molecule has 1 amide bonds. The molecule has 0 aliphatic heterocycles. The molecule has 0 aromatic heterocycles. The Labute approximate surface area is 141 Å². The Balaban J connectivity index is 1.98. The molecule has 0 spiro atoms. The predicted molar refractivity (Wildman–Crippen MR) is 92.4 cm³/mol. The van der Waals surface area contributed by atoms with Crippen LogP contribution in [0.1, 0.15) is 35.7 Å². The van der Waals surface area contributed by atoms with Crippen LogP contribution in [0.2, 0.25) is 0 Å². The first-order valence-electron chi connectivity index (χ1n) is 7.72. The standard InChI is InChI=1S/C19H21NO4/c1-13(2)14-8-4-6-10-16(14)20-18(21)12-24-19(22)15-9-5-7-11-17(15)23-3/h4-11,13H,12H2,1-3H3,(H,20,21). The fourth-order valence-corrected chi connectivity index (χ4v) is 2.32. The Morgan fingerprint density at radius 2 is 1.71 bits per heavy atom. The fourth-order valence-electron chi connectivity index (χ4n) is 2.32. The lowest BCUT2D eigenvalue weighted by molar-refractivity contribution is -0.119. The Morgan fingerprint density at radius 1 is 1.04 bits per heavy atom. The Hall–Kier alpha value is -2.82. The average molecular weight is 327 g/mol. The van der Waals surface area contributed by atoms with Crippen LogP contribution in [0.4, 0.5) is 5.69 Å². The van der Waals surface area contributed by atoms with E-state index in [4.69, 9.17) is 9.47 Å². The summed E-state index contributed by atoms with van der Waals surface area (Å²) < 4.78 is 10.2. The number of anilines is 1. The van der Waals surface area contributed by atoms with Gasteiger partial charge in [0.05, 0.1) is 7.11 Å². The highest BCUT2D eigenvalue weighted by Gasteiger charge is 2.15. The summed E-state index contributed by atoms with van der Waals surface area (Å²) >= 11 is 0. The zero-order valence-corrected chi connectivity index (χ0v) is 14.0. The van der Waals surface area contributed by atoms with Crippen molar-refractivity contribution in [2.75, 3.05) is 19.0 Å². The minimum Gasteiger partial charge on any atom is -0.496 e. The van der Waals surface area contributed by atoms with E-state index in [1.807, 2.05) is 38.1 Å². The number of esters is 1. The summed E-state index contributed by atoms with van der Waals surface area (Å²) in [4.78, 5) is 24.1. The van der Waals surface area contributed by atoms with Crippen LogP contribution >= 0.6 is 0 Å². The molecule has 5 nitrogen and oxygen atoms in total. The summed E-state index contributed by atoms with van der Waals surface area (Å²) in [7, 11) is 1.47. The molecule has 2 aromatic rings. The highest BCUT2D eigenvalue weighted by atomic mass is 16.5. The highest BCUT2D eigenvalue weighted by molar-refractivity contribution is 5.97. The maximum absolute atomic E-state index is 12.1. The van der Waals surface area contributed by atoms with Gasteiger partial charge in [0.2, 0.25) is 0 Å². The number of ether oxygens (including phenoxy) is 2. The zero-order chi connectivity index (χ0) is 17.5. The molecule has 0 bridgehead atoms. The summed E-state index contributed by atoms with van der Waals surface area (Å²) in [6, 6.07) is 14.3. The second-order valence-corrected chi connectivity index (χ2v) is 5.57. The topological polar surface area (TPSA) is 64.6 Å². The Bertz CT molecular complexity index is 725. The van der Waals surface area contributed by atoms with Crippen molar-refractivity contribution in [3.8, 4) is 5.75 Å². The van der Waals surface area contributed by atoms with Crippen molar-refractivity contribution >= 4 is 17.6 Å². The lowest BCUT2D eigenvalue weighted by Gasteiger charge is -2.14. The molecule has 0 fully saturated rings. The van der Waals surface area contributed by atoms with Gasteiger partial charge in [-0.1, -0.05) is 44.2 Å². The smallest absolute Gasteiger partial charge is 0.342 e. The molecule has 0 saturated carbocycles. The van der Waals surface area contributed by atoms with Crippen LogP contribution in [0.25, 0.3) is 0 Å². The van der Waals surface area contributed by atoms with Gasteiger partial charge in [0.15, 0.2) is 6.61 Å². The van der Waals surface area contributed by atoms with Crippen LogP contribution in [0.3, 0.4) is 0 Å². The summed E-state index contributed by atoms with van der Waals surface area (Å²) in [6.07, 6.45) is 0. The van der Waals surface area contributed by atoms with Crippen LogP contribution in [0.5, 0.6) is 5.75 Å². The molecular formula is C19H21NO4. The van der Waals surface area contributed by atoms with E-state index in [9.17, 15) is 9.59 Å². The molecule has 0 unspecified atom stereocenters. The van der Waals surface area contributed by atoms with E-state index in [2.05, 4.69) is 5.32 Å². The van der Waals surface area contributed by atoms with Gasteiger partial charge in [-0.2, -0.15) is 0 Å². The number of carbonyl (C=O) groups is 2. The first-order valence-corrected chi connectivity index (χ1v) is 7.72. The van der Waals surface area contributed by atoms with E-state index in [1.165, 1.54) is 7.11 Å². The molecule has 0 heterocycles. The number of carbonyl (C=O) groups excluding carboxylic acids is 2. The summed E-state index contributed by atoms with van der Waals surface area (Å²) in [5.41, 5.74) is 2.04. The van der Waals surface area contributed by atoms with Crippen LogP contribution < -0.4 is 10.1 Å². The fraction of sp³-hybridized carbons (Fsp3) is 0.263. The quantitative estimate of drug-likeness (QED) is 0.823. The number of hydrogen-bond donors (Lipinski definition) is 1. The van der Waals surface area contributed by atoms with Gasteiger partial charge in [-0.15, -0.1) is 0 Å². The number of amides is 1. The van der Waals surface area contributed by atoms with Crippen molar-refractivity contribution < 1.29 is 19.1 Å². The molecule has 1 N–H and O–H groups in total. The second-order valence-electron chi connectivity index (χ2n) is 5.57. The van der Waals surface area contributed by atoms with Crippen molar-refractivity contribution in [1.82, 2.24) is 0 Å². The third kappa shape index (κ3) is 4.35. The molecule has 0 aliphatic rings. The van der Waals surface area contributed by atoms with Crippen molar-refractivity contribution in [3.05, 3.63) is 59.7 Å². The van der Waals surface area contributed by atoms with E-state index in [1.54, 1.807) is 24.3 Å². The molecule has 5 heteroatoms. The van der Waals surface area contributed by atoms with Crippen LogP contribution in [0, 0.1) is 0 Å². The normalized spacial score (nSPS) is 10.3. The first kappa shape index (κ1) is 17.5. The number of rotatable bonds is 6. The lowest BCUT2D eigenvalue weighted by atomic mass is 10.0. The number of nitrogens with one attached hydrogen (secondary N) is 1. The highest BCUT2D eigenvalue weighted by Crippen LogP contribution is 2.23. The molecule has 0 atom stereocenters. The summed E-state index contributed by atoms with van der Waals surface area (Å²) in [6.45, 7) is 3.74. The number of para-hydroxylation sites is 2. The second kappa shape index (κ2) is 8.15. The van der Waals surface area contributed by atoms with Gasteiger partial charge in [0, 0.05) is 5.69 Å². The van der Waals surface area contributed by atoms with E-state index >= 15 is 0 Å². The van der Waals surface area contributed by atoms with Crippen LogP contribution in [0.15, 0.2) is 48.5 Å².